The van der Waals surface area contributed by atoms with Gasteiger partial charge in [-0.05, 0) is 38.4 Å². The summed E-state index contributed by atoms with van der Waals surface area (Å²) < 4.78 is 44.1. The summed E-state index contributed by atoms with van der Waals surface area (Å²) in [5, 5.41) is 7.04. The topological polar surface area (TPSA) is 51.0 Å². The van der Waals surface area contributed by atoms with Crippen molar-refractivity contribution in [3.8, 4) is 0 Å². The molecular weight excluding hydrogens is 343 g/mol. The lowest BCUT2D eigenvalue weighted by Gasteiger charge is -2.13. The minimum absolute atomic E-state index is 0. The van der Waals surface area contributed by atoms with Crippen LogP contribution in [0.2, 0.25) is 0 Å². The van der Waals surface area contributed by atoms with E-state index in [2.05, 4.69) is 15.5 Å². The molecule has 1 N–H and O–H groups in total. The molecule has 1 atom stereocenters. The highest BCUT2D eigenvalue weighted by Crippen LogP contribution is 2.53. The third kappa shape index (κ3) is 3.57. The van der Waals surface area contributed by atoms with Crippen molar-refractivity contribution >= 4 is 12.4 Å². The Morgan fingerprint density at radius 3 is 2.62 bits per heavy atom. The number of likely N-dealkylation sites (N-methyl/N-ethyl adjacent to an activating group) is 1. The van der Waals surface area contributed by atoms with Crippen LogP contribution in [0.4, 0.5) is 13.2 Å². The number of halogens is 4. The Balaban J connectivity index is 0.00000208. The molecule has 8 heteroatoms. The summed E-state index contributed by atoms with van der Waals surface area (Å²) in [7, 11) is 1.84. The fourth-order valence-corrected chi connectivity index (χ4v) is 2.65. The molecule has 1 aliphatic rings. The Bertz CT molecular complexity index is 698. The quantitative estimate of drug-likeness (QED) is 0.881. The minimum atomic E-state index is -4.35. The van der Waals surface area contributed by atoms with Crippen molar-refractivity contribution in [2.24, 2.45) is 0 Å². The summed E-state index contributed by atoms with van der Waals surface area (Å²) in [5.74, 6) is 0.982. The normalized spacial score (nSPS) is 17.2. The van der Waals surface area contributed by atoms with Gasteiger partial charge in [-0.1, -0.05) is 23.4 Å². The van der Waals surface area contributed by atoms with Gasteiger partial charge >= 0.3 is 6.18 Å². The molecule has 2 aromatic rings. The first-order chi connectivity index (χ1) is 10.8. The van der Waals surface area contributed by atoms with Crippen LogP contribution in [0.15, 0.2) is 28.8 Å². The first-order valence-electron chi connectivity index (χ1n) is 7.53. The van der Waals surface area contributed by atoms with Crippen molar-refractivity contribution in [2.45, 2.75) is 43.8 Å². The highest BCUT2D eigenvalue weighted by molar-refractivity contribution is 5.85. The van der Waals surface area contributed by atoms with Gasteiger partial charge in [0.1, 0.15) is 0 Å². The maximum absolute atomic E-state index is 12.9. The zero-order valence-electron chi connectivity index (χ0n) is 13.4. The minimum Gasteiger partial charge on any atom is -0.338 e. The molecule has 0 radical (unpaired) electrons. The first-order valence-corrected chi connectivity index (χ1v) is 7.53. The summed E-state index contributed by atoms with van der Waals surface area (Å²) in [6, 6.07) is 5.59. The van der Waals surface area contributed by atoms with Gasteiger partial charge in [-0.2, -0.15) is 18.2 Å². The van der Waals surface area contributed by atoms with Crippen LogP contribution < -0.4 is 5.32 Å². The van der Waals surface area contributed by atoms with E-state index >= 15 is 0 Å². The van der Waals surface area contributed by atoms with Crippen LogP contribution in [-0.2, 0) is 18.0 Å². The Hall–Kier alpha value is -1.60. The Morgan fingerprint density at radius 2 is 2.04 bits per heavy atom. The molecule has 0 saturated heterocycles. The van der Waals surface area contributed by atoms with Crippen LogP contribution >= 0.6 is 12.4 Å². The fourth-order valence-electron chi connectivity index (χ4n) is 2.65. The number of benzene rings is 1. The number of rotatable bonds is 5. The molecule has 3 rings (SSSR count). The van der Waals surface area contributed by atoms with E-state index in [1.807, 2.05) is 14.0 Å². The first kappa shape index (κ1) is 18.7. The molecule has 132 valence electrons. The van der Waals surface area contributed by atoms with Crippen molar-refractivity contribution in [1.29, 1.82) is 0 Å². The van der Waals surface area contributed by atoms with E-state index in [4.69, 9.17) is 4.52 Å². The number of hydrogen-bond acceptors (Lipinski definition) is 4. The van der Waals surface area contributed by atoms with Gasteiger partial charge in [0.05, 0.1) is 11.0 Å². The molecule has 4 nitrogen and oxygen atoms in total. The van der Waals surface area contributed by atoms with Crippen molar-refractivity contribution in [2.75, 3.05) is 7.05 Å². The molecular formula is C16H19ClF3N3O. The van der Waals surface area contributed by atoms with Crippen LogP contribution in [0.1, 0.15) is 42.6 Å². The van der Waals surface area contributed by atoms with Crippen molar-refractivity contribution < 1.29 is 17.7 Å². The second-order valence-corrected chi connectivity index (χ2v) is 6.07. The van der Waals surface area contributed by atoms with E-state index in [-0.39, 0.29) is 18.4 Å². The number of hydrogen-bond donors (Lipinski definition) is 1. The van der Waals surface area contributed by atoms with E-state index in [0.29, 0.717) is 23.7 Å². The maximum Gasteiger partial charge on any atom is 0.416 e. The zero-order chi connectivity index (χ0) is 16.7. The Morgan fingerprint density at radius 1 is 1.33 bits per heavy atom. The van der Waals surface area contributed by atoms with Gasteiger partial charge in [0, 0.05) is 12.5 Å². The number of nitrogens with one attached hydrogen (secondary N) is 1. The van der Waals surface area contributed by atoms with E-state index in [0.717, 1.165) is 18.9 Å². The van der Waals surface area contributed by atoms with Crippen molar-refractivity contribution in [3.63, 3.8) is 0 Å². The largest absolute Gasteiger partial charge is 0.416 e. The molecule has 0 aliphatic heterocycles. The van der Waals surface area contributed by atoms with Gasteiger partial charge < -0.3 is 9.84 Å². The molecule has 0 spiro atoms. The number of alkyl halides is 3. The van der Waals surface area contributed by atoms with Crippen LogP contribution in [-0.4, -0.2) is 23.2 Å². The highest BCUT2D eigenvalue weighted by Gasteiger charge is 2.51. The highest BCUT2D eigenvalue weighted by atomic mass is 35.5. The monoisotopic (exact) mass is 361 g/mol. The molecule has 24 heavy (non-hydrogen) atoms. The molecule has 1 unspecified atom stereocenters. The Labute approximate surface area is 144 Å². The van der Waals surface area contributed by atoms with Crippen LogP contribution in [0, 0.1) is 0 Å². The van der Waals surface area contributed by atoms with Gasteiger partial charge in [-0.15, -0.1) is 12.4 Å². The average Bonchev–Trinajstić information content (AvgIpc) is 3.20. The predicted molar refractivity (Wildman–Crippen MR) is 85.2 cm³/mol. The maximum atomic E-state index is 12.9. The smallest absolute Gasteiger partial charge is 0.338 e. The standard InChI is InChI=1S/C16H18F3N3O.ClH/c1-10(20-2)8-13-21-14(23-22-13)15(6-7-15)11-4-3-5-12(9-11)16(17,18)19;/h3-5,9-10,20H,6-8H2,1-2H3;1H. The molecule has 1 aromatic heterocycles. The van der Waals surface area contributed by atoms with Crippen molar-refractivity contribution in [1.82, 2.24) is 15.5 Å². The predicted octanol–water partition coefficient (Wildman–Crippen LogP) is 3.74. The van der Waals surface area contributed by atoms with Gasteiger partial charge in [0.25, 0.3) is 0 Å². The van der Waals surface area contributed by atoms with E-state index in [9.17, 15) is 13.2 Å². The third-order valence-electron chi connectivity index (χ3n) is 4.35. The molecule has 1 aromatic carbocycles. The molecule has 0 amide bonds. The van der Waals surface area contributed by atoms with Gasteiger partial charge in [-0.3, -0.25) is 0 Å². The summed E-state index contributed by atoms with van der Waals surface area (Å²) in [4.78, 5) is 4.40. The van der Waals surface area contributed by atoms with Crippen molar-refractivity contribution in [3.05, 3.63) is 47.1 Å². The Kier molecular flexibility index (Phi) is 5.25. The summed E-state index contributed by atoms with van der Waals surface area (Å²) in [6.07, 6.45) is -2.30. The van der Waals surface area contributed by atoms with Gasteiger partial charge in [0.2, 0.25) is 5.89 Å². The van der Waals surface area contributed by atoms with Crippen LogP contribution in [0.25, 0.3) is 0 Å². The SMILES string of the molecule is CNC(C)Cc1noc(C2(c3cccc(C(F)(F)F)c3)CC2)n1.Cl. The summed E-state index contributed by atoms with van der Waals surface area (Å²) in [5.41, 5.74) is -0.621. The average molecular weight is 362 g/mol. The molecule has 1 saturated carbocycles. The fraction of sp³-hybridized carbons (Fsp3) is 0.500. The second-order valence-electron chi connectivity index (χ2n) is 6.07. The molecule has 1 heterocycles. The summed E-state index contributed by atoms with van der Waals surface area (Å²) >= 11 is 0. The summed E-state index contributed by atoms with van der Waals surface area (Å²) in [6.45, 7) is 2.00. The zero-order valence-corrected chi connectivity index (χ0v) is 14.2. The van der Waals surface area contributed by atoms with Crippen LogP contribution in [0.5, 0.6) is 0 Å². The van der Waals surface area contributed by atoms with Crippen LogP contribution in [0.3, 0.4) is 0 Å². The van der Waals surface area contributed by atoms with Gasteiger partial charge in [0.15, 0.2) is 5.82 Å². The lowest BCUT2D eigenvalue weighted by molar-refractivity contribution is -0.137. The van der Waals surface area contributed by atoms with E-state index in [1.54, 1.807) is 6.07 Å². The molecule has 1 fully saturated rings. The molecule has 1 aliphatic carbocycles. The van der Waals surface area contributed by atoms with Gasteiger partial charge in [-0.25, -0.2) is 0 Å². The number of nitrogens with zero attached hydrogens (tertiary/aromatic N) is 2. The lowest BCUT2D eigenvalue weighted by atomic mass is 9.94. The third-order valence-corrected chi connectivity index (χ3v) is 4.35. The number of aromatic nitrogens is 2. The second kappa shape index (κ2) is 6.72. The van der Waals surface area contributed by atoms with E-state index in [1.165, 1.54) is 12.1 Å². The van der Waals surface area contributed by atoms with E-state index < -0.39 is 17.2 Å². The lowest BCUT2D eigenvalue weighted by Crippen LogP contribution is -2.24. The molecule has 0 bridgehead atoms.